The average Bonchev–Trinajstić information content (AvgIpc) is 3.32. The Labute approximate surface area is 174 Å². The minimum absolute atomic E-state index is 0.112. The topological polar surface area (TPSA) is 84.5 Å². The highest BCUT2D eigenvalue weighted by Gasteiger charge is 2.25. The molecule has 0 radical (unpaired) electrons. The van der Waals surface area contributed by atoms with E-state index in [-0.39, 0.29) is 5.91 Å². The van der Waals surface area contributed by atoms with Crippen LogP contribution in [0.5, 0.6) is 0 Å². The van der Waals surface area contributed by atoms with Gasteiger partial charge in [-0.15, -0.1) is 0 Å². The number of nitrogens with zero attached hydrogens (tertiary/aromatic N) is 8. The highest BCUT2D eigenvalue weighted by Crippen LogP contribution is 2.24. The van der Waals surface area contributed by atoms with Crippen molar-refractivity contribution in [2.24, 2.45) is 7.05 Å². The van der Waals surface area contributed by atoms with Gasteiger partial charge in [-0.25, -0.2) is 15.0 Å². The highest BCUT2D eigenvalue weighted by molar-refractivity contribution is 5.87. The van der Waals surface area contributed by atoms with Crippen molar-refractivity contribution in [2.75, 3.05) is 31.1 Å². The van der Waals surface area contributed by atoms with Crippen LogP contribution in [0.25, 0.3) is 16.7 Å². The summed E-state index contributed by atoms with van der Waals surface area (Å²) in [5.41, 5.74) is 3.65. The van der Waals surface area contributed by atoms with Crippen LogP contribution in [0, 0.1) is 13.8 Å². The maximum Gasteiger partial charge on any atom is 0.228 e. The van der Waals surface area contributed by atoms with E-state index in [0.717, 1.165) is 52.7 Å². The van der Waals surface area contributed by atoms with E-state index in [1.165, 1.54) is 0 Å². The molecule has 0 spiro atoms. The lowest BCUT2D eigenvalue weighted by atomic mass is 10.2. The molecule has 0 aromatic carbocycles. The van der Waals surface area contributed by atoms with Crippen LogP contribution < -0.4 is 4.90 Å². The first kappa shape index (κ1) is 18.5. The molecule has 1 amide bonds. The smallest absolute Gasteiger partial charge is 0.228 e. The number of aromatic nitrogens is 6. The number of carbonyl (C=O) groups excluding carboxylic acids is 1. The number of pyridine rings is 1. The largest absolute Gasteiger partial charge is 0.352 e. The molecule has 0 aliphatic carbocycles. The van der Waals surface area contributed by atoms with Gasteiger partial charge >= 0.3 is 0 Å². The number of hydrogen-bond donors (Lipinski definition) is 0. The molecular weight excluding hydrogens is 380 g/mol. The first-order valence-electron chi connectivity index (χ1n) is 10.1. The summed E-state index contributed by atoms with van der Waals surface area (Å²) in [6.45, 7) is 6.71. The zero-order valence-corrected chi connectivity index (χ0v) is 17.4. The molecule has 1 aliphatic rings. The van der Waals surface area contributed by atoms with Crippen molar-refractivity contribution in [3.8, 4) is 0 Å². The summed E-state index contributed by atoms with van der Waals surface area (Å²) in [7, 11) is 1.88. The van der Waals surface area contributed by atoms with E-state index < -0.39 is 0 Å². The van der Waals surface area contributed by atoms with E-state index in [2.05, 4.69) is 25.0 Å². The second-order valence-electron chi connectivity index (χ2n) is 7.80. The fourth-order valence-electron chi connectivity index (χ4n) is 4.08. The van der Waals surface area contributed by atoms with Crippen molar-refractivity contribution in [1.29, 1.82) is 0 Å². The van der Waals surface area contributed by atoms with Crippen molar-refractivity contribution < 1.29 is 4.79 Å². The van der Waals surface area contributed by atoms with Crippen molar-refractivity contribution in [2.45, 2.75) is 20.3 Å². The second kappa shape index (κ2) is 7.08. The summed E-state index contributed by atoms with van der Waals surface area (Å²) in [6, 6.07) is 4.02. The molecule has 4 aromatic rings. The lowest BCUT2D eigenvalue weighted by Crippen LogP contribution is -2.49. The van der Waals surface area contributed by atoms with Crippen LogP contribution in [0.1, 0.15) is 17.1 Å². The van der Waals surface area contributed by atoms with Crippen LogP contribution in [-0.2, 0) is 18.3 Å². The number of amides is 1. The Morgan fingerprint density at radius 2 is 1.87 bits per heavy atom. The first-order chi connectivity index (χ1) is 14.5. The number of carbonyl (C=O) groups is 1. The first-order valence-corrected chi connectivity index (χ1v) is 10.1. The van der Waals surface area contributed by atoms with E-state index in [1.54, 1.807) is 4.68 Å². The van der Waals surface area contributed by atoms with Crippen molar-refractivity contribution in [3.63, 3.8) is 0 Å². The van der Waals surface area contributed by atoms with Crippen molar-refractivity contribution in [1.82, 2.24) is 34.0 Å². The number of imidazole rings is 1. The standard InChI is InChI=1S/C21H24N8O/c1-14-5-4-6-29-13-16(25-19(14)29)11-18(30)27-7-9-28(10-8-27)21-17-12-22-26(3)20(17)23-15(2)24-21/h4-6,12-13H,7-11H2,1-3H3. The molecule has 0 N–H and O–H groups in total. The molecule has 0 unspecified atom stereocenters. The van der Waals surface area contributed by atoms with Gasteiger partial charge in [0.05, 0.1) is 23.7 Å². The Balaban J connectivity index is 1.29. The van der Waals surface area contributed by atoms with Crippen LogP contribution in [0.15, 0.2) is 30.7 Å². The minimum atomic E-state index is 0.112. The molecule has 9 heteroatoms. The van der Waals surface area contributed by atoms with Gasteiger partial charge < -0.3 is 14.2 Å². The third kappa shape index (κ3) is 3.16. The van der Waals surface area contributed by atoms with Gasteiger partial charge in [0, 0.05) is 45.6 Å². The van der Waals surface area contributed by atoms with Gasteiger partial charge in [-0.2, -0.15) is 5.10 Å². The van der Waals surface area contributed by atoms with Gasteiger partial charge in [0.1, 0.15) is 17.3 Å². The van der Waals surface area contributed by atoms with Gasteiger partial charge in [0.15, 0.2) is 5.65 Å². The monoisotopic (exact) mass is 404 g/mol. The van der Waals surface area contributed by atoms with E-state index >= 15 is 0 Å². The lowest BCUT2D eigenvalue weighted by molar-refractivity contribution is -0.130. The second-order valence-corrected chi connectivity index (χ2v) is 7.80. The number of piperazine rings is 1. The third-order valence-electron chi connectivity index (χ3n) is 5.68. The van der Waals surface area contributed by atoms with Crippen LogP contribution >= 0.6 is 0 Å². The Morgan fingerprint density at radius 3 is 2.63 bits per heavy atom. The normalized spacial score (nSPS) is 14.8. The molecule has 30 heavy (non-hydrogen) atoms. The zero-order chi connectivity index (χ0) is 20.8. The fraction of sp³-hybridized carbons (Fsp3) is 0.381. The number of hydrogen-bond acceptors (Lipinski definition) is 6. The molecule has 1 aliphatic heterocycles. The van der Waals surface area contributed by atoms with Crippen LogP contribution in [0.4, 0.5) is 5.82 Å². The Morgan fingerprint density at radius 1 is 1.07 bits per heavy atom. The average molecular weight is 404 g/mol. The van der Waals surface area contributed by atoms with Crippen LogP contribution in [-0.4, -0.2) is 66.1 Å². The summed E-state index contributed by atoms with van der Waals surface area (Å²) in [4.78, 5) is 30.8. The lowest BCUT2D eigenvalue weighted by Gasteiger charge is -2.35. The molecule has 0 bridgehead atoms. The molecule has 0 atom stereocenters. The van der Waals surface area contributed by atoms with Gasteiger partial charge in [0.25, 0.3) is 0 Å². The number of fused-ring (bicyclic) bond motifs is 2. The molecule has 1 fully saturated rings. The van der Waals surface area contributed by atoms with E-state index in [9.17, 15) is 4.79 Å². The molecule has 5 heterocycles. The molecule has 4 aromatic heterocycles. The predicted octanol–water partition coefficient (Wildman–Crippen LogP) is 1.52. The number of anilines is 1. The molecule has 154 valence electrons. The highest BCUT2D eigenvalue weighted by atomic mass is 16.2. The van der Waals surface area contributed by atoms with E-state index in [1.807, 2.05) is 60.9 Å². The SMILES string of the molecule is Cc1nc(N2CCN(C(=O)Cc3cn4cccc(C)c4n3)CC2)c2cnn(C)c2n1. The molecule has 1 saturated heterocycles. The van der Waals surface area contributed by atoms with Gasteiger partial charge in [-0.1, -0.05) is 6.07 Å². The van der Waals surface area contributed by atoms with Crippen LogP contribution in [0.2, 0.25) is 0 Å². The van der Waals surface area contributed by atoms with E-state index in [0.29, 0.717) is 19.5 Å². The molecule has 9 nitrogen and oxygen atoms in total. The summed E-state index contributed by atoms with van der Waals surface area (Å²) in [5, 5.41) is 5.27. The number of rotatable bonds is 3. The molecule has 5 rings (SSSR count). The maximum atomic E-state index is 12.9. The summed E-state index contributed by atoms with van der Waals surface area (Å²) in [5.74, 6) is 1.73. The van der Waals surface area contributed by atoms with Crippen molar-refractivity contribution in [3.05, 3.63) is 47.8 Å². The van der Waals surface area contributed by atoms with Crippen molar-refractivity contribution >= 4 is 28.4 Å². The maximum absolute atomic E-state index is 12.9. The predicted molar refractivity (Wildman–Crippen MR) is 113 cm³/mol. The zero-order valence-electron chi connectivity index (χ0n) is 17.4. The summed E-state index contributed by atoms with van der Waals surface area (Å²) < 4.78 is 3.75. The summed E-state index contributed by atoms with van der Waals surface area (Å²) >= 11 is 0. The van der Waals surface area contributed by atoms with Gasteiger partial charge in [-0.05, 0) is 25.5 Å². The van der Waals surface area contributed by atoms with Gasteiger partial charge in [0.2, 0.25) is 5.91 Å². The van der Waals surface area contributed by atoms with E-state index in [4.69, 9.17) is 0 Å². The third-order valence-corrected chi connectivity index (χ3v) is 5.68. The fourth-order valence-corrected chi connectivity index (χ4v) is 4.08. The Bertz CT molecular complexity index is 1250. The quantitative estimate of drug-likeness (QED) is 0.515. The Kier molecular flexibility index (Phi) is 4.38. The number of aryl methyl sites for hydroxylation is 3. The minimum Gasteiger partial charge on any atom is -0.352 e. The van der Waals surface area contributed by atoms with Gasteiger partial charge in [-0.3, -0.25) is 9.48 Å². The molecule has 0 saturated carbocycles. The Hall–Kier alpha value is -3.49. The summed E-state index contributed by atoms with van der Waals surface area (Å²) in [6.07, 6.45) is 6.04. The molecular formula is C21H24N8O. The van der Waals surface area contributed by atoms with Crippen LogP contribution in [0.3, 0.4) is 0 Å².